The Balaban J connectivity index is 2.27. The van der Waals surface area contributed by atoms with Crippen LogP contribution in [0.1, 0.15) is 31.1 Å². The molecule has 0 saturated carbocycles. The molecule has 2 aromatic carbocycles. The maximum Gasteiger partial charge on any atom is 0.335 e. The predicted octanol–water partition coefficient (Wildman–Crippen LogP) is 7.26. The average molecular weight is 552 g/mol. The van der Waals surface area contributed by atoms with Gasteiger partial charge >= 0.3 is 5.97 Å². The monoisotopic (exact) mass is 550 g/mol. The first-order chi connectivity index (χ1) is 14.1. The molecule has 3 aromatic rings. The highest BCUT2D eigenvalue weighted by atomic mass is 79.9. The number of carboxylic acid groups (broad SMARTS) is 1. The number of halogens is 2. The minimum atomic E-state index is -2.66. The van der Waals surface area contributed by atoms with Gasteiger partial charge in [0.25, 0.3) is 0 Å². The molecule has 1 heterocycles. The number of nitrogens with zero attached hydrogens (tertiary/aromatic N) is 2. The van der Waals surface area contributed by atoms with E-state index in [1.807, 2.05) is 30.3 Å². The van der Waals surface area contributed by atoms with E-state index in [0.717, 1.165) is 14.2 Å². The lowest BCUT2D eigenvalue weighted by Gasteiger charge is -2.37. The van der Waals surface area contributed by atoms with Crippen molar-refractivity contribution in [1.82, 2.24) is 4.98 Å². The fourth-order valence-electron chi connectivity index (χ4n) is 2.88. The van der Waals surface area contributed by atoms with E-state index in [9.17, 15) is 9.90 Å². The number of pyridine rings is 1. The molecule has 0 aliphatic heterocycles. The predicted molar refractivity (Wildman–Crippen MR) is 129 cm³/mol. The summed E-state index contributed by atoms with van der Waals surface area (Å²) in [6.07, 6.45) is 3.47. The van der Waals surface area contributed by atoms with Gasteiger partial charge in [-0.2, -0.15) is 0 Å². The fraction of sp³-hybridized carbons (Fsp3) is 0.182. The van der Waals surface area contributed by atoms with Crippen molar-refractivity contribution in [1.29, 1.82) is 0 Å². The molecule has 0 fully saturated rings. The molecule has 1 atom stereocenters. The molecular formula is C22H21Br2N2O3P. The van der Waals surface area contributed by atoms with E-state index in [1.165, 1.54) is 0 Å². The molecule has 0 saturated heterocycles. The second-order valence-corrected chi connectivity index (χ2v) is 12.7. The van der Waals surface area contributed by atoms with Gasteiger partial charge in [0.1, 0.15) is 5.75 Å². The van der Waals surface area contributed by atoms with Gasteiger partial charge in [0.2, 0.25) is 0 Å². The van der Waals surface area contributed by atoms with Crippen LogP contribution in [0.5, 0.6) is 5.75 Å². The summed E-state index contributed by atoms with van der Waals surface area (Å²) in [7, 11) is -2.66. The van der Waals surface area contributed by atoms with Crippen molar-refractivity contribution in [3.8, 4) is 5.75 Å². The van der Waals surface area contributed by atoms with E-state index in [4.69, 9.17) is 9.27 Å². The van der Waals surface area contributed by atoms with Gasteiger partial charge in [-0.05, 0) is 70.5 Å². The molecule has 1 N–H and O–H groups in total. The highest BCUT2D eigenvalue weighted by Crippen LogP contribution is 2.62. The molecule has 1 aromatic heterocycles. The van der Waals surface area contributed by atoms with Crippen LogP contribution in [-0.4, -0.2) is 21.2 Å². The van der Waals surface area contributed by atoms with Crippen molar-refractivity contribution >= 4 is 56.1 Å². The van der Waals surface area contributed by atoms with Crippen LogP contribution in [0.25, 0.3) is 0 Å². The number of aromatic nitrogens is 1. The number of hydrogen-bond acceptors (Lipinski definition) is 4. The largest absolute Gasteiger partial charge is 0.478 e. The highest BCUT2D eigenvalue weighted by molar-refractivity contribution is 9.11. The maximum atomic E-state index is 11.2. The number of carboxylic acids is 1. The third-order valence-corrected chi connectivity index (χ3v) is 9.32. The molecule has 0 radical (unpaired) electrons. The molecule has 5 nitrogen and oxygen atoms in total. The Morgan fingerprint density at radius 1 is 1.03 bits per heavy atom. The topological polar surface area (TPSA) is 71.8 Å². The second kappa shape index (κ2) is 9.04. The number of hydrogen-bond donors (Lipinski definition) is 1. The Morgan fingerprint density at radius 3 is 2.20 bits per heavy atom. The SMILES string of the molecule is CC(C)(C)P(=Nc1ccc(C(=O)O)cc1)(Oc1ccc(Br)cc1Br)c1ccncc1. The van der Waals surface area contributed by atoms with Crippen LogP contribution >= 0.6 is 39.1 Å². The van der Waals surface area contributed by atoms with Crippen LogP contribution in [0.3, 0.4) is 0 Å². The molecule has 156 valence electrons. The molecule has 1 unspecified atom stereocenters. The second-order valence-electron chi connectivity index (χ2n) is 7.57. The van der Waals surface area contributed by atoms with Crippen LogP contribution in [0.15, 0.2) is 80.7 Å². The summed E-state index contributed by atoms with van der Waals surface area (Å²) in [6, 6.07) is 16.2. The van der Waals surface area contributed by atoms with Crippen molar-refractivity contribution in [2.75, 3.05) is 0 Å². The van der Waals surface area contributed by atoms with Crippen molar-refractivity contribution in [3.63, 3.8) is 0 Å². The summed E-state index contributed by atoms with van der Waals surface area (Å²) < 4.78 is 13.6. The first-order valence-electron chi connectivity index (χ1n) is 9.13. The number of carbonyl (C=O) groups is 1. The van der Waals surface area contributed by atoms with Gasteiger partial charge in [0, 0.05) is 27.3 Å². The molecule has 0 aliphatic rings. The van der Waals surface area contributed by atoms with Crippen molar-refractivity contribution < 1.29 is 14.4 Å². The Morgan fingerprint density at radius 2 is 1.67 bits per heavy atom. The molecule has 0 bridgehead atoms. The van der Waals surface area contributed by atoms with E-state index in [-0.39, 0.29) is 10.7 Å². The summed E-state index contributed by atoms with van der Waals surface area (Å²) in [5.74, 6) is -0.285. The van der Waals surface area contributed by atoms with Gasteiger partial charge in [-0.25, -0.2) is 9.54 Å². The van der Waals surface area contributed by atoms with Crippen LogP contribution in [-0.2, 0) is 0 Å². The van der Waals surface area contributed by atoms with Gasteiger partial charge < -0.3 is 9.63 Å². The van der Waals surface area contributed by atoms with Crippen LogP contribution in [0, 0.1) is 0 Å². The third-order valence-electron chi connectivity index (χ3n) is 4.42. The maximum absolute atomic E-state index is 11.2. The standard InChI is InChI=1S/C22H21Br2N2O3P/c1-22(2,3)30(18-10-12-25-13-11-18,29-20-9-6-16(23)14-19(20)24)26-17-7-4-15(5-8-17)21(27)28/h4-14H,1-3H3,(H,27,28). The molecule has 3 rings (SSSR count). The third kappa shape index (κ3) is 4.85. The Bertz CT molecular complexity index is 1110. The summed E-state index contributed by atoms with van der Waals surface area (Å²) in [5, 5.41) is 9.79. The first kappa shape index (κ1) is 22.7. The van der Waals surface area contributed by atoms with Gasteiger partial charge in [-0.15, -0.1) is 0 Å². The molecule has 8 heteroatoms. The molecule has 0 aliphatic carbocycles. The lowest BCUT2D eigenvalue weighted by molar-refractivity contribution is 0.0697. The van der Waals surface area contributed by atoms with Crippen molar-refractivity contribution in [2.45, 2.75) is 25.9 Å². The lowest BCUT2D eigenvalue weighted by atomic mass is 10.2. The zero-order valence-corrected chi connectivity index (χ0v) is 20.8. The zero-order valence-electron chi connectivity index (χ0n) is 16.7. The Kier molecular flexibility index (Phi) is 6.85. The number of rotatable bonds is 5. The average Bonchev–Trinajstić information content (AvgIpc) is 2.69. The fourth-order valence-corrected chi connectivity index (χ4v) is 7.18. The molecular weight excluding hydrogens is 531 g/mol. The summed E-state index contributed by atoms with van der Waals surface area (Å²) in [5.41, 5.74) is 0.877. The molecule has 0 spiro atoms. The normalized spacial score (nSPS) is 13.4. The summed E-state index contributed by atoms with van der Waals surface area (Å²) in [6.45, 7) is 6.30. The number of aromatic carboxylic acids is 1. The van der Waals surface area contributed by atoms with E-state index in [0.29, 0.717) is 11.4 Å². The summed E-state index contributed by atoms with van der Waals surface area (Å²) in [4.78, 5) is 15.4. The van der Waals surface area contributed by atoms with E-state index in [2.05, 4.69) is 57.6 Å². The Labute approximate surface area is 192 Å². The van der Waals surface area contributed by atoms with Gasteiger partial charge in [0.05, 0.1) is 15.7 Å². The minimum Gasteiger partial charge on any atom is -0.478 e. The van der Waals surface area contributed by atoms with Gasteiger partial charge in [-0.3, -0.25) is 4.98 Å². The summed E-state index contributed by atoms with van der Waals surface area (Å²) >= 11 is 7.07. The zero-order chi connectivity index (χ0) is 21.9. The lowest BCUT2D eigenvalue weighted by Crippen LogP contribution is -2.27. The Hall–Kier alpha value is -1.95. The smallest absolute Gasteiger partial charge is 0.335 e. The van der Waals surface area contributed by atoms with Gasteiger partial charge in [-0.1, -0.05) is 36.7 Å². The van der Waals surface area contributed by atoms with Crippen LogP contribution in [0.4, 0.5) is 5.69 Å². The van der Waals surface area contributed by atoms with Gasteiger partial charge in [0.15, 0.2) is 7.28 Å². The van der Waals surface area contributed by atoms with E-state index in [1.54, 1.807) is 36.7 Å². The number of benzene rings is 2. The van der Waals surface area contributed by atoms with Crippen molar-refractivity contribution in [3.05, 3.63) is 81.5 Å². The van der Waals surface area contributed by atoms with E-state index >= 15 is 0 Å². The molecule has 30 heavy (non-hydrogen) atoms. The van der Waals surface area contributed by atoms with Crippen LogP contribution in [0.2, 0.25) is 0 Å². The molecule has 0 amide bonds. The van der Waals surface area contributed by atoms with Crippen LogP contribution < -0.4 is 9.83 Å². The van der Waals surface area contributed by atoms with E-state index < -0.39 is 13.3 Å². The van der Waals surface area contributed by atoms with Crippen molar-refractivity contribution in [2.24, 2.45) is 4.74 Å². The first-order valence-corrected chi connectivity index (χ1v) is 12.4. The highest BCUT2D eigenvalue weighted by Gasteiger charge is 2.39. The minimum absolute atomic E-state index is 0.217. The quantitative estimate of drug-likeness (QED) is 0.339.